The minimum absolute atomic E-state index is 0.283. The first kappa shape index (κ1) is 15.3. The fraction of sp³-hybridized carbons (Fsp3) is 0.250. The van der Waals surface area contributed by atoms with Crippen molar-refractivity contribution < 1.29 is 19.1 Å². The monoisotopic (exact) mass is 304 g/mol. The number of carbonyl (C=O) groups is 2. The first-order chi connectivity index (χ1) is 10.2. The molecule has 2 rings (SSSR count). The van der Waals surface area contributed by atoms with Crippen LogP contribution in [0.5, 0.6) is 0 Å². The summed E-state index contributed by atoms with van der Waals surface area (Å²) in [4.78, 5) is 23.9. The highest BCUT2D eigenvalue weighted by Crippen LogP contribution is 2.27. The molecule has 110 valence electrons. The molecule has 0 fully saturated rings. The molecule has 1 aromatic heterocycles. The number of hydrogen-bond acceptors (Lipinski definition) is 5. The van der Waals surface area contributed by atoms with Gasteiger partial charge in [0.1, 0.15) is 0 Å². The Bertz CT molecular complexity index is 632. The molecule has 4 nitrogen and oxygen atoms in total. The second kappa shape index (κ2) is 7.04. The van der Waals surface area contributed by atoms with E-state index in [2.05, 4.69) is 0 Å². The van der Waals surface area contributed by atoms with Gasteiger partial charge in [-0.3, -0.25) is 0 Å². The first-order valence-corrected chi connectivity index (χ1v) is 7.62. The normalized spacial score (nSPS) is 10.2. The van der Waals surface area contributed by atoms with E-state index < -0.39 is 11.9 Å². The van der Waals surface area contributed by atoms with Gasteiger partial charge >= 0.3 is 11.9 Å². The van der Waals surface area contributed by atoms with E-state index in [1.54, 1.807) is 37.3 Å². The summed E-state index contributed by atoms with van der Waals surface area (Å²) in [6, 6.07) is 6.87. The topological polar surface area (TPSA) is 52.6 Å². The molecule has 0 radical (unpaired) electrons. The van der Waals surface area contributed by atoms with Gasteiger partial charge in [0.25, 0.3) is 0 Å². The summed E-state index contributed by atoms with van der Waals surface area (Å²) in [5.41, 5.74) is 2.40. The molecule has 0 saturated carbocycles. The maximum absolute atomic E-state index is 12.1. The van der Waals surface area contributed by atoms with Crippen LogP contribution in [0.4, 0.5) is 0 Å². The standard InChI is InChI=1S/C16H16O4S/c1-3-19-15(17)11-5-6-13(12-7-8-21-10-12)14(9-11)16(18)20-4-2/h5-10H,3-4H2,1-2H3. The molecule has 0 aliphatic heterocycles. The summed E-state index contributed by atoms with van der Waals surface area (Å²) in [6.45, 7) is 4.06. The van der Waals surface area contributed by atoms with Gasteiger partial charge in [0.2, 0.25) is 0 Å². The van der Waals surface area contributed by atoms with Crippen molar-refractivity contribution in [3.8, 4) is 11.1 Å². The molecule has 0 amide bonds. The maximum atomic E-state index is 12.1. The van der Waals surface area contributed by atoms with Gasteiger partial charge < -0.3 is 9.47 Å². The number of ether oxygens (including phenoxy) is 2. The molecule has 0 N–H and O–H groups in total. The van der Waals surface area contributed by atoms with Crippen LogP contribution in [0.2, 0.25) is 0 Å². The van der Waals surface area contributed by atoms with Gasteiger partial charge in [-0.15, -0.1) is 0 Å². The highest BCUT2D eigenvalue weighted by molar-refractivity contribution is 7.08. The summed E-state index contributed by atoms with van der Waals surface area (Å²) in [5, 5.41) is 3.88. The van der Waals surface area contributed by atoms with Crippen LogP contribution in [-0.2, 0) is 9.47 Å². The summed E-state index contributed by atoms with van der Waals surface area (Å²) in [6.07, 6.45) is 0. The van der Waals surface area contributed by atoms with Crippen molar-refractivity contribution in [2.45, 2.75) is 13.8 Å². The maximum Gasteiger partial charge on any atom is 0.338 e. The van der Waals surface area contributed by atoms with E-state index in [4.69, 9.17) is 9.47 Å². The predicted molar refractivity (Wildman–Crippen MR) is 81.7 cm³/mol. The Morgan fingerprint density at radius 1 is 1.05 bits per heavy atom. The smallest absolute Gasteiger partial charge is 0.338 e. The van der Waals surface area contributed by atoms with E-state index in [9.17, 15) is 9.59 Å². The molecular formula is C16H16O4S. The van der Waals surface area contributed by atoms with Crippen molar-refractivity contribution in [2.24, 2.45) is 0 Å². The number of thiophene rings is 1. The van der Waals surface area contributed by atoms with Crippen LogP contribution in [0.25, 0.3) is 11.1 Å². The summed E-state index contributed by atoms with van der Waals surface area (Å²) in [5.74, 6) is -0.884. The number of esters is 2. The Hall–Kier alpha value is -2.14. The van der Waals surface area contributed by atoms with E-state index in [0.29, 0.717) is 17.7 Å². The van der Waals surface area contributed by atoms with Gasteiger partial charge in [0, 0.05) is 0 Å². The Labute approximate surface area is 127 Å². The third kappa shape index (κ3) is 3.49. The zero-order chi connectivity index (χ0) is 15.2. The van der Waals surface area contributed by atoms with Crippen molar-refractivity contribution in [1.82, 2.24) is 0 Å². The average Bonchev–Trinajstić information content (AvgIpc) is 3.01. The molecule has 0 aliphatic rings. The highest BCUT2D eigenvalue weighted by Gasteiger charge is 2.18. The van der Waals surface area contributed by atoms with Crippen molar-refractivity contribution in [1.29, 1.82) is 0 Å². The van der Waals surface area contributed by atoms with Crippen LogP contribution in [0, 0.1) is 0 Å². The molecule has 0 aliphatic carbocycles. The highest BCUT2D eigenvalue weighted by atomic mass is 32.1. The van der Waals surface area contributed by atoms with E-state index >= 15 is 0 Å². The SMILES string of the molecule is CCOC(=O)c1ccc(-c2ccsc2)c(C(=O)OCC)c1. The van der Waals surface area contributed by atoms with Crippen LogP contribution in [0.15, 0.2) is 35.0 Å². The summed E-state index contributed by atoms with van der Waals surface area (Å²) < 4.78 is 10.0. The Balaban J connectivity index is 2.46. The Kier molecular flexibility index (Phi) is 5.11. The van der Waals surface area contributed by atoms with Gasteiger partial charge in [-0.25, -0.2) is 9.59 Å². The zero-order valence-electron chi connectivity index (χ0n) is 11.9. The molecular weight excluding hydrogens is 288 g/mol. The van der Waals surface area contributed by atoms with Crippen LogP contribution in [-0.4, -0.2) is 25.2 Å². The third-order valence-corrected chi connectivity index (χ3v) is 3.54. The van der Waals surface area contributed by atoms with Gasteiger partial charge in [0.15, 0.2) is 0 Å². The number of benzene rings is 1. The molecule has 2 aromatic rings. The summed E-state index contributed by atoms with van der Waals surface area (Å²) >= 11 is 1.54. The zero-order valence-corrected chi connectivity index (χ0v) is 12.7. The molecule has 0 spiro atoms. The number of rotatable bonds is 5. The Morgan fingerprint density at radius 3 is 2.38 bits per heavy atom. The molecule has 0 atom stereocenters. The second-order valence-electron chi connectivity index (χ2n) is 4.21. The quantitative estimate of drug-likeness (QED) is 0.789. The lowest BCUT2D eigenvalue weighted by Crippen LogP contribution is -2.10. The van der Waals surface area contributed by atoms with E-state index in [1.807, 2.05) is 16.8 Å². The van der Waals surface area contributed by atoms with E-state index in [0.717, 1.165) is 11.1 Å². The van der Waals surface area contributed by atoms with Crippen LogP contribution in [0.1, 0.15) is 34.6 Å². The number of hydrogen-bond donors (Lipinski definition) is 0. The number of carbonyl (C=O) groups excluding carboxylic acids is 2. The van der Waals surface area contributed by atoms with Crippen LogP contribution >= 0.6 is 11.3 Å². The average molecular weight is 304 g/mol. The van der Waals surface area contributed by atoms with Gasteiger partial charge in [-0.2, -0.15) is 11.3 Å². The van der Waals surface area contributed by atoms with Gasteiger partial charge in [-0.05, 0) is 53.9 Å². The fourth-order valence-corrected chi connectivity index (χ4v) is 2.59. The lowest BCUT2D eigenvalue weighted by Gasteiger charge is -2.10. The van der Waals surface area contributed by atoms with Crippen molar-refractivity contribution in [3.05, 3.63) is 46.2 Å². The molecule has 0 bridgehead atoms. The van der Waals surface area contributed by atoms with Crippen molar-refractivity contribution >= 4 is 23.3 Å². The van der Waals surface area contributed by atoms with E-state index in [-0.39, 0.29) is 6.61 Å². The largest absolute Gasteiger partial charge is 0.462 e. The van der Waals surface area contributed by atoms with Gasteiger partial charge in [-0.1, -0.05) is 6.07 Å². The minimum Gasteiger partial charge on any atom is -0.462 e. The van der Waals surface area contributed by atoms with Crippen molar-refractivity contribution in [3.63, 3.8) is 0 Å². The lowest BCUT2D eigenvalue weighted by atomic mass is 9.99. The van der Waals surface area contributed by atoms with E-state index in [1.165, 1.54) is 6.07 Å². The predicted octanol–water partition coefficient (Wildman–Crippen LogP) is 3.77. The van der Waals surface area contributed by atoms with Gasteiger partial charge in [0.05, 0.1) is 24.3 Å². The molecule has 0 unspecified atom stereocenters. The summed E-state index contributed by atoms with van der Waals surface area (Å²) in [7, 11) is 0. The van der Waals surface area contributed by atoms with Crippen LogP contribution < -0.4 is 0 Å². The minimum atomic E-state index is -0.445. The third-order valence-electron chi connectivity index (χ3n) is 2.86. The second-order valence-corrected chi connectivity index (χ2v) is 4.99. The molecule has 5 heteroatoms. The first-order valence-electron chi connectivity index (χ1n) is 6.68. The molecule has 0 saturated heterocycles. The van der Waals surface area contributed by atoms with Crippen molar-refractivity contribution in [2.75, 3.05) is 13.2 Å². The Morgan fingerprint density at radius 2 is 1.76 bits per heavy atom. The van der Waals surface area contributed by atoms with Crippen LogP contribution in [0.3, 0.4) is 0 Å². The lowest BCUT2D eigenvalue weighted by molar-refractivity contribution is 0.0526. The molecule has 21 heavy (non-hydrogen) atoms. The molecule has 1 heterocycles. The fourth-order valence-electron chi connectivity index (χ4n) is 1.93. The molecule has 1 aromatic carbocycles.